The molecule has 0 aliphatic carbocycles. The smallest absolute Gasteiger partial charge is 0.341 e. The van der Waals surface area contributed by atoms with Gasteiger partial charge < -0.3 is 5.32 Å². The van der Waals surface area contributed by atoms with Crippen molar-refractivity contribution < 1.29 is 31.1 Å². The van der Waals surface area contributed by atoms with E-state index >= 15 is 0 Å². The number of benzene rings is 1. The van der Waals surface area contributed by atoms with Crippen molar-refractivity contribution in [1.82, 2.24) is 5.32 Å². The van der Waals surface area contributed by atoms with E-state index in [4.69, 9.17) is 0 Å². The second kappa shape index (κ2) is 5.10. The normalized spacial score (nSPS) is 14.1. The van der Waals surface area contributed by atoms with Gasteiger partial charge >= 0.3 is 12.4 Å². The fourth-order valence-corrected chi connectivity index (χ4v) is 1.55. The summed E-state index contributed by atoms with van der Waals surface area (Å²) in [5, 5.41) is 1.48. The van der Waals surface area contributed by atoms with E-state index < -0.39 is 35.4 Å². The molecule has 0 spiro atoms. The quantitative estimate of drug-likeness (QED) is 0.828. The van der Waals surface area contributed by atoms with Crippen molar-refractivity contribution >= 4 is 5.91 Å². The van der Waals surface area contributed by atoms with Crippen LogP contribution in [0.25, 0.3) is 0 Å². The topological polar surface area (TPSA) is 29.1 Å². The Bertz CT molecular complexity index is 465. The Labute approximate surface area is 104 Å². The molecule has 0 aliphatic rings. The van der Waals surface area contributed by atoms with Crippen LogP contribution in [-0.2, 0) is 11.0 Å². The summed E-state index contributed by atoms with van der Waals surface area (Å²) >= 11 is 0. The number of amides is 1. The van der Waals surface area contributed by atoms with Crippen LogP contribution in [0.2, 0.25) is 0 Å². The van der Waals surface area contributed by atoms with Gasteiger partial charge in [-0.15, -0.1) is 0 Å². The summed E-state index contributed by atoms with van der Waals surface area (Å²) in [5.41, 5.74) is -2.45. The van der Waals surface area contributed by atoms with Gasteiger partial charge in [0.1, 0.15) is 0 Å². The molecule has 0 saturated heterocycles. The van der Waals surface area contributed by atoms with Crippen molar-refractivity contribution in [2.45, 2.75) is 25.3 Å². The highest BCUT2D eigenvalue weighted by molar-refractivity contribution is 5.73. The molecule has 0 aliphatic heterocycles. The summed E-state index contributed by atoms with van der Waals surface area (Å²) in [4.78, 5) is 10.7. The molecule has 1 atom stereocenters. The van der Waals surface area contributed by atoms with Crippen LogP contribution in [0, 0.1) is 0 Å². The SMILES string of the molecule is CC(=O)N[C@H](c1ccccc1C(F)(F)F)C(F)(F)F. The van der Waals surface area contributed by atoms with Gasteiger partial charge in [-0.1, -0.05) is 18.2 Å². The molecule has 1 N–H and O–H groups in total. The molecule has 2 nitrogen and oxygen atoms in total. The van der Waals surface area contributed by atoms with Crippen molar-refractivity contribution in [2.75, 3.05) is 0 Å². The van der Waals surface area contributed by atoms with Crippen molar-refractivity contribution in [2.24, 2.45) is 0 Å². The fraction of sp³-hybridized carbons (Fsp3) is 0.364. The maximum absolute atomic E-state index is 12.8. The van der Waals surface area contributed by atoms with Crippen LogP contribution in [0.5, 0.6) is 0 Å². The molecule has 0 heterocycles. The van der Waals surface area contributed by atoms with E-state index in [-0.39, 0.29) is 0 Å². The van der Waals surface area contributed by atoms with Crippen LogP contribution in [0.4, 0.5) is 26.3 Å². The number of carbonyl (C=O) groups excluding carboxylic acids is 1. The molecule has 0 unspecified atom stereocenters. The summed E-state index contributed by atoms with van der Waals surface area (Å²) in [6, 6.07) is 0.564. The van der Waals surface area contributed by atoms with Gasteiger partial charge in [0, 0.05) is 6.92 Å². The highest BCUT2D eigenvalue weighted by Gasteiger charge is 2.46. The molecule has 106 valence electrons. The molecule has 0 aromatic heterocycles. The number of halogens is 6. The first kappa shape index (κ1) is 15.3. The van der Waals surface area contributed by atoms with E-state index in [1.54, 1.807) is 0 Å². The zero-order valence-electron chi connectivity index (χ0n) is 9.56. The number of hydrogen-bond donors (Lipinski definition) is 1. The number of alkyl halides is 6. The zero-order valence-corrected chi connectivity index (χ0v) is 9.56. The average molecular weight is 285 g/mol. The van der Waals surface area contributed by atoms with Gasteiger partial charge in [-0.25, -0.2) is 0 Å². The third-order valence-electron chi connectivity index (χ3n) is 2.25. The van der Waals surface area contributed by atoms with Crippen LogP contribution in [0.3, 0.4) is 0 Å². The van der Waals surface area contributed by atoms with Crippen molar-refractivity contribution in [3.8, 4) is 0 Å². The van der Waals surface area contributed by atoms with E-state index in [1.807, 2.05) is 0 Å². The summed E-state index contributed by atoms with van der Waals surface area (Å²) < 4.78 is 76.2. The lowest BCUT2D eigenvalue weighted by Crippen LogP contribution is -2.38. The predicted octanol–water partition coefficient (Wildman–Crippen LogP) is 3.44. The monoisotopic (exact) mass is 285 g/mol. The third kappa shape index (κ3) is 3.87. The molecular formula is C11H9F6NO. The van der Waals surface area contributed by atoms with Gasteiger partial charge in [-0.3, -0.25) is 4.79 Å². The van der Waals surface area contributed by atoms with Gasteiger partial charge in [-0.05, 0) is 11.6 Å². The van der Waals surface area contributed by atoms with E-state index in [1.165, 1.54) is 5.32 Å². The Kier molecular flexibility index (Phi) is 4.12. The summed E-state index contributed by atoms with van der Waals surface area (Å²) in [7, 11) is 0. The van der Waals surface area contributed by atoms with Crippen molar-refractivity contribution in [3.63, 3.8) is 0 Å². The second-order valence-electron chi connectivity index (χ2n) is 3.76. The number of hydrogen-bond acceptors (Lipinski definition) is 1. The largest absolute Gasteiger partial charge is 0.416 e. The van der Waals surface area contributed by atoms with Gasteiger partial charge in [-0.2, -0.15) is 26.3 Å². The Hall–Kier alpha value is -1.73. The molecular weight excluding hydrogens is 276 g/mol. The van der Waals surface area contributed by atoms with Gasteiger partial charge in [0.2, 0.25) is 5.91 Å². The lowest BCUT2D eigenvalue weighted by atomic mass is 9.99. The summed E-state index contributed by atoms with van der Waals surface area (Å²) in [5.74, 6) is -1.07. The highest BCUT2D eigenvalue weighted by Crippen LogP contribution is 2.40. The van der Waals surface area contributed by atoms with Gasteiger partial charge in [0.15, 0.2) is 6.04 Å². The minimum atomic E-state index is -5.02. The molecule has 19 heavy (non-hydrogen) atoms. The zero-order chi connectivity index (χ0) is 14.8. The summed E-state index contributed by atoms with van der Waals surface area (Å²) in [6.07, 6.45) is -9.95. The van der Waals surface area contributed by atoms with Crippen LogP contribution in [-0.4, -0.2) is 12.1 Å². The van der Waals surface area contributed by atoms with E-state index in [2.05, 4.69) is 0 Å². The van der Waals surface area contributed by atoms with Crippen LogP contribution >= 0.6 is 0 Å². The van der Waals surface area contributed by atoms with Crippen LogP contribution < -0.4 is 5.32 Å². The Morgan fingerprint density at radius 2 is 1.63 bits per heavy atom. The minimum absolute atomic E-state index is 0.538. The maximum Gasteiger partial charge on any atom is 0.416 e. The minimum Gasteiger partial charge on any atom is -0.341 e. The molecule has 8 heteroatoms. The molecule has 1 rings (SSSR count). The van der Waals surface area contributed by atoms with Crippen molar-refractivity contribution in [3.05, 3.63) is 35.4 Å². The predicted molar refractivity (Wildman–Crippen MR) is 54.1 cm³/mol. The van der Waals surface area contributed by atoms with Gasteiger partial charge in [0.05, 0.1) is 5.56 Å². The Balaban J connectivity index is 3.35. The average Bonchev–Trinajstić information content (AvgIpc) is 2.23. The molecule has 0 bridgehead atoms. The highest BCUT2D eigenvalue weighted by atomic mass is 19.4. The molecule has 1 aromatic rings. The van der Waals surface area contributed by atoms with Crippen molar-refractivity contribution in [1.29, 1.82) is 0 Å². The number of nitrogens with one attached hydrogen (secondary N) is 1. The second-order valence-corrected chi connectivity index (χ2v) is 3.76. The Morgan fingerprint density at radius 1 is 1.11 bits per heavy atom. The molecule has 1 aromatic carbocycles. The maximum atomic E-state index is 12.8. The lowest BCUT2D eigenvalue weighted by molar-refractivity contribution is -0.166. The molecule has 1 amide bonds. The molecule has 0 saturated carbocycles. The van der Waals surface area contributed by atoms with E-state index in [0.29, 0.717) is 12.1 Å². The van der Waals surface area contributed by atoms with E-state index in [0.717, 1.165) is 19.1 Å². The first-order chi connectivity index (χ1) is 8.53. The summed E-state index contributed by atoms with van der Waals surface area (Å²) in [6.45, 7) is 0.801. The fourth-order valence-electron chi connectivity index (χ4n) is 1.55. The molecule has 0 fully saturated rings. The Morgan fingerprint density at radius 3 is 2.05 bits per heavy atom. The first-order valence-corrected chi connectivity index (χ1v) is 5.03. The van der Waals surface area contributed by atoms with Crippen LogP contribution in [0.1, 0.15) is 24.1 Å². The lowest BCUT2D eigenvalue weighted by Gasteiger charge is -2.24. The molecule has 0 radical (unpaired) electrons. The number of rotatable bonds is 2. The third-order valence-corrected chi connectivity index (χ3v) is 2.25. The van der Waals surface area contributed by atoms with Gasteiger partial charge in [0.25, 0.3) is 0 Å². The number of carbonyl (C=O) groups is 1. The standard InChI is InChI=1S/C11H9F6NO/c1-6(19)18-9(11(15,16)17)7-4-2-3-5-8(7)10(12,13)14/h2-5,9H,1H3,(H,18,19)/t9-/m1/s1. The first-order valence-electron chi connectivity index (χ1n) is 5.03. The van der Waals surface area contributed by atoms with Crippen LogP contribution in [0.15, 0.2) is 24.3 Å². The van der Waals surface area contributed by atoms with E-state index in [9.17, 15) is 31.1 Å².